The Labute approximate surface area is 116 Å². The number of nitrogens with zero attached hydrogens (tertiary/aromatic N) is 2. The van der Waals surface area contributed by atoms with Gasteiger partial charge in [0.1, 0.15) is 5.56 Å². The minimum Gasteiger partial charge on any atom is -0.478 e. The lowest BCUT2D eigenvalue weighted by molar-refractivity contribution is 0.0697. The zero-order valence-electron chi connectivity index (χ0n) is 10.9. The van der Waals surface area contributed by atoms with Crippen LogP contribution in [0.1, 0.15) is 21.6 Å². The van der Waals surface area contributed by atoms with Crippen molar-refractivity contribution in [3.63, 3.8) is 0 Å². The van der Waals surface area contributed by atoms with Crippen LogP contribution in [0.15, 0.2) is 36.5 Å². The van der Waals surface area contributed by atoms with E-state index in [-0.39, 0.29) is 5.56 Å². The highest BCUT2D eigenvalue weighted by Crippen LogP contribution is 2.21. The summed E-state index contributed by atoms with van der Waals surface area (Å²) in [4.78, 5) is 15.1. The average Bonchev–Trinajstić information content (AvgIpc) is 2.41. The van der Waals surface area contributed by atoms with E-state index in [2.05, 4.69) is 16.4 Å². The van der Waals surface area contributed by atoms with Crippen LogP contribution in [0.4, 0.5) is 11.4 Å². The molecule has 0 unspecified atom stereocenters. The third-order valence-corrected chi connectivity index (χ3v) is 2.79. The van der Waals surface area contributed by atoms with E-state index in [0.717, 1.165) is 16.9 Å². The number of carboxylic acids is 1. The molecular formula is C15H13N3O2. The molecular weight excluding hydrogens is 254 g/mol. The molecule has 0 saturated heterocycles. The van der Waals surface area contributed by atoms with Gasteiger partial charge < -0.3 is 10.4 Å². The third-order valence-electron chi connectivity index (χ3n) is 2.79. The first kappa shape index (κ1) is 13.6. The molecule has 0 aliphatic rings. The van der Waals surface area contributed by atoms with Crippen LogP contribution in [0.2, 0.25) is 0 Å². The monoisotopic (exact) mass is 267 g/mol. The summed E-state index contributed by atoms with van der Waals surface area (Å²) in [5.41, 5.74) is 3.04. The van der Waals surface area contributed by atoms with Gasteiger partial charge in [-0.25, -0.2) is 4.79 Å². The molecule has 2 rings (SSSR count). The number of nitriles is 1. The minimum atomic E-state index is -1.03. The van der Waals surface area contributed by atoms with Crippen LogP contribution >= 0.6 is 0 Å². The molecule has 0 spiro atoms. The Hall–Kier alpha value is -2.87. The van der Waals surface area contributed by atoms with E-state index in [1.54, 1.807) is 13.0 Å². The fourth-order valence-electron chi connectivity index (χ4n) is 1.79. The lowest BCUT2D eigenvalue weighted by atomic mass is 10.1. The van der Waals surface area contributed by atoms with E-state index in [1.165, 1.54) is 6.20 Å². The Bertz CT molecular complexity index is 673. The van der Waals surface area contributed by atoms with Crippen LogP contribution in [-0.2, 0) is 6.42 Å². The van der Waals surface area contributed by atoms with Crippen molar-refractivity contribution in [2.75, 3.05) is 5.32 Å². The number of carboxylic acid groups (broad SMARTS) is 1. The lowest BCUT2D eigenvalue weighted by Crippen LogP contribution is -2.04. The summed E-state index contributed by atoms with van der Waals surface area (Å²) in [5.74, 6) is -1.03. The number of aromatic nitrogens is 1. The second-order valence-electron chi connectivity index (χ2n) is 4.33. The van der Waals surface area contributed by atoms with E-state index in [1.807, 2.05) is 24.3 Å². The van der Waals surface area contributed by atoms with E-state index >= 15 is 0 Å². The van der Waals surface area contributed by atoms with Gasteiger partial charge in [-0.1, -0.05) is 12.1 Å². The largest absolute Gasteiger partial charge is 0.478 e. The summed E-state index contributed by atoms with van der Waals surface area (Å²) in [6.07, 6.45) is 1.69. The fraction of sp³-hybridized carbons (Fsp3) is 0.133. The van der Waals surface area contributed by atoms with Gasteiger partial charge >= 0.3 is 5.97 Å². The number of benzene rings is 1. The maximum atomic E-state index is 11.1. The lowest BCUT2D eigenvalue weighted by Gasteiger charge is -2.10. The maximum Gasteiger partial charge on any atom is 0.339 e. The van der Waals surface area contributed by atoms with E-state index in [9.17, 15) is 4.79 Å². The van der Waals surface area contributed by atoms with Crippen molar-refractivity contribution in [2.45, 2.75) is 13.3 Å². The molecule has 0 saturated carbocycles. The number of anilines is 2. The summed E-state index contributed by atoms with van der Waals surface area (Å²) < 4.78 is 0. The topological polar surface area (TPSA) is 86.0 Å². The Kier molecular flexibility index (Phi) is 3.96. The Morgan fingerprint density at radius 1 is 1.40 bits per heavy atom. The quantitative estimate of drug-likeness (QED) is 0.889. The van der Waals surface area contributed by atoms with Gasteiger partial charge in [-0.15, -0.1) is 0 Å². The zero-order valence-corrected chi connectivity index (χ0v) is 10.9. The molecule has 20 heavy (non-hydrogen) atoms. The number of nitrogens with one attached hydrogen (secondary N) is 1. The third kappa shape index (κ3) is 3.12. The van der Waals surface area contributed by atoms with E-state index < -0.39 is 5.97 Å². The van der Waals surface area contributed by atoms with E-state index in [0.29, 0.717) is 12.1 Å². The maximum absolute atomic E-state index is 11.1. The second-order valence-corrected chi connectivity index (χ2v) is 4.33. The molecule has 2 N–H and O–H groups in total. The van der Waals surface area contributed by atoms with E-state index in [4.69, 9.17) is 10.4 Å². The van der Waals surface area contributed by atoms with Crippen molar-refractivity contribution >= 4 is 17.3 Å². The number of hydrogen-bond donors (Lipinski definition) is 2. The van der Waals surface area contributed by atoms with Crippen LogP contribution in [-0.4, -0.2) is 16.1 Å². The summed E-state index contributed by atoms with van der Waals surface area (Å²) >= 11 is 0. The molecule has 0 atom stereocenters. The van der Waals surface area contributed by atoms with Gasteiger partial charge in [0.05, 0.1) is 18.2 Å². The second kappa shape index (κ2) is 5.85. The molecule has 0 fully saturated rings. The first-order chi connectivity index (χ1) is 9.60. The number of rotatable bonds is 4. The minimum absolute atomic E-state index is 0.122. The number of aromatic carboxylic acids is 1. The van der Waals surface area contributed by atoms with Crippen LogP contribution in [0.5, 0.6) is 0 Å². The predicted molar refractivity (Wildman–Crippen MR) is 75.0 cm³/mol. The van der Waals surface area contributed by atoms with Crippen molar-refractivity contribution in [1.82, 2.24) is 4.98 Å². The highest BCUT2D eigenvalue weighted by molar-refractivity contribution is 5.94. The number of pyridine rings is 1. The molecule has 5 nitrogen and oxygen atoms in total. The number of aryl methyl sites for hydroxylation is 1. The van der Waals surface area contributed by atoms with Crippen LogP contribution < -0.4 is 5.32 Å². The zero-order chi connectivity index (χ0) is 14.5. The normalized spacial score (nSPS) is 9.80. The van der Waals surface area contributed by atoms with Gasteiger partial charge in [-0.05, 0) is 30.7 Å². The highest BCUT2D eigenvalue weighted by atomic mass is 16.4. The first-order valence-electron chi connectivity index (χ1n) is 6.03. The molecule has 0 amide bonds. The van der Waals surface area contributed by atoms with Crippen molar-refractivity contribution in [2.24, 2.45) is 0 Å². The van der Waals surface area contributed by atoms with Crippen molar-refractivity contribution < 1.29 is 9.90 Å². The van der Waals surface area contributed by atoms with Crippen molar-refractivity contribution in [3.05, 3.63) is 53.3 Å². The van der Waals surface area contributed by atoms with Gasteiger partial charge in [0.15, 0.2) is 0 Å². The molecule has 2 aromatic rings. The van der Waals surface area contributed by atoms with Gasteiger partial charge in [0, 0.05) is 17.6 Å². The molecule has 1 aromatic carbocycles. The highest BCUT2D eigenvalue weighted by Gasteiger charge is 2.11. The Morgan fingerprint density at radius 2 is 2.10 bits per heavy atom. The first-order valence-corrected chi connectivity index (χ1v) is 6.03. The molecule has 5 heteroatoms. The van der Waals surface area contributed by atoms with Gasteiger partial charge in [-0.3, -0.25) is 4.98 Å². The summed E-state index contributed by atoms with van der Waals surface area (Å²) in [6, 6.07) is 11.1. The molecule has 1 aromatic heterocycles. The average molecular weight is 267 g/mol. The Morgan fingerprint density at radius 3 is 2.70 bits per heavy atom. The number of hydrogen-bond acceptors (Lipinski definition) is 4. The van der Waals surface area contributed by atoms with Crippen molar-refractivity contribution in [1.29, 1.82) is 5.26 Å². The predicted octanol–water partition coefficient (Wildman–Crippen LogP) is 2.90. The van der Waals surface area contributed by atoms with Crippen LogP contribution in [0.25, 0.3) is 0 Å². The number of carbonyl (C=O) groups is 1. The molecule has 0 radical (unpaired) electrons. The van der Waals surface area contributed by atoms with Crippen LogP contribution in [0, 0.1) is 18.3 Å². The van der Waals surface area contributed by atoms with Gasteiger partial charge in [-0.2, -0.15) is 5.26 Å². The van der Waals surface area contributed by atoms with Crippen LogP contribution in [0.3, 0.4) is 0 Å². The SMILES string of the molecule is Cc1cc(Nc2ccc(CC#N)cc2)c(C(=O)O)cn1. The summed E-state index contributed by atoms with van der Waals surface area (Å²) in [6.45, 7) is 1.80. The summed E-state index contributed by atoms with van der Waals surface area (Å²) in [7, 11) is 0. The summed E-state index contributed by atoms with van der Waals surface area (Å²) in [5, 5.41) is 20.8. The standard InChI is InChI=1S/C15H13N3O2/c1-10-8-14(13(9-17-10)15(19)20)18-12-4-2-11(3-5-12)6-7-16/h2-5,8-9H,6H2,1H3,(H,17,18)(H,19,20). The van der Waals surface area contributed by atoms with Gasteiger partial charge in [0.2, 0.25) is 0 Å². The van der Waals surface area contributed by atoms with Crippen molar-refractivity contribution in [3.8, 4) is 6.07 Å². The molecule has 100 valence electrons. The molecule has 0 bridgehead atoms. The fourth-order valence-corrected chi connectivity index (χ4v) is 1.79. The molecule has 0 aliphatic carbocycles. The molecule has 0 aliphatic heterocycles. The van der Waals surface area contributed by atoms with Gasteiger partial charge in [0.25, 0.3) is 0 Å². The Balaban J connectivity index is 2.27. The smallest absolute Gasteiger partial charge is 0.339 e. The molecule has 1 heterocycles.